The molecule has 52 heavy (non-hydrogen) atoms. The fraction of sp³-hybridized carbons (Fsp3) is 0.700. The number of aliphatic hydroxyl groups excluding tert-OH is 4. The number of unbranched alkanes of at least 4 members (excludes halogenated alkanes) is 5. The largest absolute Gasteiger partial charge is 0.408 e. The van der Waals surface area contributed by atoms with Gasteiger partial charge in [0.2, 0.25) is 0 Å². The van der Waals surface area contributed by atoms with Crippen molar-refractivity contribution in [2.45, 2.75) is 159 Å². The SMILES string of the molecule is CCCCCCCCO[C@H]1O[C@H](COCc2ccccc2)[C@@H](O[C@H]2O[C@H](COCc3ccccc3)[C@@H](O[Si](C)(C)C(C)(C)C)[C@H](O)[C@@H]2O)[C@H](O)[C@@H]1O. The van der Waals surface area contributed by atoms with Crippen LogP contribution < -0.4 is 0 Å². The molecule has 0 amide bonds. The lowest BCUT2D eigenvalue weighted by Crippen LogP contribution is -2.66. The van der Waals surface area contributed by atoms with Gasteiger partial charge in [-0.15, -0.1) is 0 Å². The molecule has 12 heteroatoms. The van der Waals surface area contributed by atoms with E-state index < -0.39 is 69.7 Å². The summed E-state index contributed by atoms with van der Waals surface area (Å²) < 4.78 is 43.5. The molecular weight excluding hydrogens is 685 g/mol. The molecular formula is C40H64O11Si. The average molecular weight is 749 g/mol. The summed E-state index contributed by atoms with van der Waals surface area (Å²) in [6, 6.07) is 19.3. The lowest BCUT2D eigenvalue weighted by Gasteiger charge is -2.49. The van der Waals surface area contributed by atoms with Crippen LogP contribution >= 0.6 is 0 Å². The molecule has 0 bridgehead atoms. The maximum Gasteiger partial charge on any atom is 0.192 e. The standard InChI is InChI=1S/C40H64O11Si/c1-7-8-9-10-11-18-23-47-38-34(43)32(41)36(30(48-38)26-45-24-28-19-14-12-15-20-28)50-39-35(44)33(42)37(51-52(5,6)40(2,3)4)31(49-39)27-46-25-29-21-16-13-17-22-29/h12-17,19-22,30-39,41-44H,7-11,18,23-27H2,1-6H3/t30-,31-,32-,33-,34+,35+,36-,37-,38+,39-/m1/s1. The average Bonchev–Trinajstić information content (AvgIpc) is 3.12. The molecule has 2 saturated heterocycles. The molecule has 2 aromatic carbocycles. The van der Waals surface area contributed by atoms with Crippen molar-refractivity contribution in [3.8, 4) is 0 Å². The summed E-state index contributed by atoms with van der Waals surface area (Å²) in [5.74, 6) is 0. The number of hydrogen-bond acceptors (Lipinski definition) is 11. The number of aliphatic hydroxyl groups is 4. The van der Waals surface area contributed by atoms with E-state index in [0.29, 0.717) is 13.2 Å². The van der Waals surface area contributed by atoms with Crippen molar-refractivity contribution in [2.75, 3.05) is 19.8 Å². The quantitative estimate of drug-likeness (QED) is 0.101. The molecule has 2 fully saturated rings. The Labute approximate surface area is 311 Å². The molecule has 0 radical (unpaired) electrons. The molecule has 0 aliphatic carbocycles. The molecule has 11 nitrogen and oxygen atoms in total. The first-order chi connectivity index (χ1) is 24.8. The van der Waals surface area contributed by atoms with Crippen LogP contribution in [-0.4, -0.2) is 110 Å². The van der Waals surface area contributed by atoms with Crippen molar-refractivity contribution < 1.29 is 53.3 Å². The summed E-state index contributed by atoms with van der Waals surface area (Å²) in [7, 11) is -2.45. The lowest BCUT2D eigenvalue weighted by molar-refractivity contribution is -0.360. The summed E-state index contributed by atoms with van der Waals surface area (Å²) in [6.45, 7) is 13.6. The third kappa shape index (κ3) is 12.4. The molecule has 0 unspecified atom stereocenters. The molecule has 4 rings (SSSR count). The monoisotopic (exact) mass is 748 g/mol. The summed E-state index contributed by atoms with van der Waals surface area (Å²) >= 11 is 0. The Balaban J connectivity index is 1.49. The van der Waals surface area contributed by atoms with Gasteiger partial charge in [-0.3, -0.25) is 0 Å². The van der Waals surface area contributed by atoms with E-state index in [0.717, 1.165) is 30.4 Å². The third-order valence-corrected chi connectivity index (χ3v) is 14.9. The molecule has 2 aliphatic heterocycles. The van der Waals surface area contributed by atoms with Crippen LogP contribution in [0.3, 0.4) is 0 Å². The smallest absolute Gasteiger partial charge is 0.192 e. The van der Waals surface area contributed by atoms with Crippen LogP contribution in [0.4, 0.5) is 0 Å². The second kappa shape index (κ2) is 20.8. The summed E-state index contributed by atoms with van der Waals surface area (Å²) in [5, 5.41) is 45.5. The first kappa shape index (κ1) is 43.0. The van der Waals surface area contributed by atoms with Crippen molar-refractivity contribution in [1.82, 2.24) is 0 Å². The van der Waals surface area contributed by atoms with E-state index in [-0.39, 0.29) is 24.9 Å². The second-order valence-corrected chi connectivity index (χ2v) is 20.4. The zero-order valence-electron chi connectivity index (χ0n) is 32.0. The van der Waals surface area contributed by atoms with Gasteiger partial charge in [-0.25, -0.2) is 0 Å². The number of benzene rings is 2. The highest BCUT2D eigenvalue weighted by molar-refractivity contribution is 6.74. The van der Waals surface area contributed by atoms with Crippen LogP contribution in [0.25, 0.3) is 0 Å². The van der Waals surface area contributed by atoms with E-state index in [1.807, 2.05) is 60.7 Å². The van der Waals surface area contributed by atoms with Crippen molar-refractivity contribution in [1.29, 1.82) is 0 Å². The third-order valence-electron chi connectivity index (χ3n) is 10.4. The Bertz CT molecular complexity index is 1260. The predicted octanol–water partition coefficient (Wildman–Crippen LogP) is 5.47. The summed E-state index contributed by atoms with van der Waals surface area (Å²) in [4.78, 5) is 0. The topological polar surface area (TPSA) is 146 Å². The van der Waals surface area contributed by atoms with Crippen LogP contribution in [0, 0.1) is 0 Å². The number of ether oxygens (including phenoxy) is 6. The van der Waals surface area contributed by atoms with Gasteiger partial charge in [-0.05, 0) is 35.7 Å². The van der Waals surface area contributed by atoms with Crippen molar-refractivity contribution in [3.63, 3.8) is 0 Å². The van der Waals surface area contributed by atoms with Gasteiger partial charge in [0.25, 0.3) is 0 Å². The molecule has 0 spiro atoms. The van der Waals surface area contributed by atoms with E-state index in [1.165, 1.54) is 19.3 Å². The minimum atomic E-state index is -2.45. The predicted molar refractivity (Wildman–Crippen MR) is 200 cm³/mol. The molecule has 10 atom stereocenters. The highest BCUT2D eigenvalue weighted by atomic mass is 28.4. The van der Waals surface area contributed by atoms with Crippen molar-refractivity contribution in [2.24, 2.45) is 0 Å². The zero-order chi connectivity index (χ0) is 37.7. The van der Waals surface area contributed by atoms with E-state index in [9.17, 15) is 20.4 Å². The van der Waals surface area contributed by atoms with Gasteiger partial charge in [-0.2, -0.15) is 0 Å². The molecule has 2 heterocycles. The Hall–Kier alpha value is -1.78. The van der Waals surface area contributed by atoms with Gasteiger partial charge >= 0.3 is 0 Å². The Kier molecular flexibility index (Phi) is 17.2. The van der Waals surface area contributed by atoms with Crippen LogP contribution in [0.1, 0.15) is 77.3 Å². The first-order valence-electron chi connectivity index (χ1n) is 19.0. The van der Waals surface area contributed by atoms with Gasteiger partial charge in [0.15, 0.2) is 20.9 Å². The molecule has 0 saturated carbocycles. The van der Waals surface area contributed by atoms with Gasteiger partial charge in [-0.1, -0.05) is 120 Å². The lowest BCUT2D eigenvalue weighted by atomic mass is 9.97. The summed E-state index contributed by atoms with van der Waals surface area (Å²) in [5.41, 5.74) is 1.92. The van der Waals surface area contributed by atoms with Crippen LogP contribution in [0.5, 0.6) is 0 Å². The number of rotatable bonds is 20. The molecule has 0 aromatic heterocycles. The van der Waals surface area contributed by atoms with Gasteiger partial charge < -0.3 is 53.3 Å². The molecule has 2 aliphatic rings. The van der Waals surface area contributed by atoms with E-state index in [4.69, 9.17) is 32.8 Å². The normalized spacial score (nSPS) is 30.0. The second-order valence-electron chi connectivity index (χ2n) is 15.6. The van der Waals surface area contributed by atoms with Gasteiger partial charge in [0.05, 0.1) is 26.4 Å². The Morgan fingerprint density at radius 3 is 1.67 bits per heavy atom. The highest BCUT2D eigenvalue weighted by Gasteiger charge is 2.53. The molecule has 4 N–H and O–H groups in total. The molecule has 294 valence electrons. The number of hydrogen-bond donors (Lipinski definition) is 4. The van der Waals surface area contributed by atoms with E-state index in [2.05, 4.69) is 40.8 Å². The Morgan fingerprint density at radius 2 is 1.12 bits per heavy atom. The minimum Gasteiger partial charge on any atom is -0.408 e. The summed E-state index contributed by atoms with van der Waals surface area (Å²) in [6.07, 6.45) is -5.78. The van der Waals surface area contributed by atoms with Crippen molar-refractivity contribution >= 4 is 8.32 Å². The maximum absolute atomic E-state index is 11.6. The van der Waals surface area contributed by atoms with Gasteiger partial charge in [0.1, 0.15) is 48.8 Å². The Morgan fingerprint density at radius 1 is 0.635 bits per heavy atom. The molecule has 2 aromatic rings. The van der Waals surface area contributed by atoms with E-state index in [1.54, 1.807) is 0 Å². The first-order valence-corrected chi connectivity index (χ1v) is 21.9. The van der Waals surface area contributed by atoms with Crippen LogP contribution in [0.2, 0.25) is 18.1 Å². The van der Waals surface area contributed by atoms with Crippen LogP contribution in [0.15, 0.2) is 60.7 Å². The fourth-order valence-electron chi connectivity index (χ4n) is 6.13. The highest BCUT2D eigenvalue weighted by Crippen LogP contribution is 2.40. The van der Waals surface area contributed by atoms with Gasteiger partial charge in [0, 0.05) is 6.61 Å². The van der Waals surface area contributed by atoms with Crippen molar-refractivity contribution in [3.05, 3.63) is 71.8 Å². The van der Waals surface area contributed by atoms with Crippen LogP contribution in [-0.2, 0) is 46.1 Å². The minimum absolute atomic E-state index is 0.00763. The fourth-order valence-corrected chi connectivity index (χ4v) is 7.46. The zero-order valence-corrected chi connectivity index (χ0v) is 33.0. The van der Waals surface area contributed by atoms with E-state index >= 15 is 0 Å². The maximum atomic E-state index is 11.6.